The summed E-state index contributed by atoms with van der Waals surface area (Å²) in [6, 6.07) is 10.5. The van der Waals surface area contributed by atoms with Gasteiger partial charge >= 0.3 is 0 Å². The molecule has 1 aromatic heterocycles. The van der Waals surface area contributed by atoms with Crippen LogP contribution in [0.1, 0.15) is 24.3 Å². The lowest BCUT2D eigenvalue weighted by Gasteiger charge is -2.26. The van der Waals surface area contributed by atoms with E-state index >= 15 is 0 Å². The largest absolute Gasteiger partial charge is 0.366 e. The van der Waals surface area contributed by atoms with Crippen LogP contribution in [-0.2, 0) is 13.0 Å². The molecule has 1 atom stereocenters. The molecule has 1 aromatic carbocycles. The van der Waals surface area contributed by atoms with E-state index in [0.29, 0.717) is 0 Å². The highest BCUT2D eigenvalue weighted by molar-refractivity contribution is 7.09. The molecule has 1 unspecified atom stereocenters. The minimum absolute atomic E-state index is 0.148. The fraction of sp³-hybridized carbons (Fsp3) is 0.375. The van der Waals surface area contributed by atoms with Gasteiger partial charge in [0.05, 0.1) is 6.54 Å². The number of thiophene rings is 1. The van der Waals surface area contributed by atoms with Crippen molar-refractivity contribution in [2.45, 2.75) is 32.9 Å². The maximum absolute atomic E-state index is 6.18. The van der Waals surface area contributed by atoms with Gasteiger partial charge < -0.3 is 10.6 Å². The van der Waals surface area contributed by atoms with Crippen molar-refractivity contribution in [3.05, 3.63) is 51.2 Å². The number of anilines is 1. The number of benzene rings is 1. The molecule has 0 fully saturated rings. The standard InChI is InChI=1S/C16H21ClN2S/c1-3-19(11-15-5-4-8-20-15)16-10-14(17)7-6-13(16)9-12(2)18/h4-8,10,12H,3,9,11,18H2,1-2H3. The van der Waals surface area contributed by atoms with Crippen LogP contribution in [0, 0.1) is 0 Å². The van der Waals surface area contributed by atoms with Crippen LogP contribution in [0.25, 0.3) is 0 Å². The van der Waals surface area contributed by atoms with Crippen molar-refractivity contribution in [3.63, 3.8) is 0 Å². The van der Waals surface area contributed by atoms with Gasteiger partial charge in [-0.3, -0.25) is 0 Å². The molecule has 0 aliphatic rings. The number of hydrogen-bond acceptors (Lipinski definition) is 3. The van der Waals surface area contributed by atoms with E-state index in [-0.39, 0.29) is 6.04 Å². The van der Waals surface area contributed by atoms with Crippen LogP contribution in [0.15, 0.2) is 35.7 Å². The first-order chi connectivity index (χ1) is 9.60. The molecule has 20 heavy (non-hydrogen) atoms. The molecule has 0 amide bonds. The Morgan fingerprint density at radius 1 is 1.35 bits per heavy atom. The predicted molar refractivity (Wildman–Crippen MR) is 89.8 cm³/mol. The number of hydrogen-bond donors (Lipinski definition) is 1. The summed E-state index contributed by atoms with van der Waals surface area (Å²) in [6.45, 7) is 6.07. The SMILES string of the molecule is CCN(Cc1cccs1)c1cc(Cl)ccc1CC(C)N. The van der Waals surface area contributed by atoms with Crippen LogP contribution >= 0.6 is 22.9 Å². The van der Waals surface area contributed by atoms with Gasteiger partial charge in [0.15, 0.2) is 0 Å². The summed E-state index contributed by atoms with van der Waals surface area (Å²) in [5.41, 5.74) is 8.43. The molecule has 2 rings (SSSR count). The normalized spacial score (nSPS) is 12.4. The first kappa shape index (κ1) is 15.4. The Morgan fingerprint density at radius 3 is 2.75 bits per heavy atom. The zero-order valence-corrected chi connectivity index (χ0v) is 13.5. The van der Waals surface area contributed by atoms with E-state index < -0.39 is 0 Å². The lowest BCUT2D eigenvalue weighted by Crippen LogP contribution is -2.25. The highest BCUT2D eigenvalue weighted by Gasteiger charge is 2.13. The molecule has 0 saturated heterocycles. The monoisotopic (exact) mass is 308 g/mol. The summed E-state index contributed by atoms with van der Waals surface area (Å²) in [5, 5.41) is 2.89. The van der Waals surface area contributed by atoms with Crippen molar-refractivity contribution in [3.8, 4) is 0 Å². The topological polar surface area (TPSA) is 29.3 Å². The van der Waals surface area contributed by atoms with Crippen LogP contribution < -0.4 is 10.6 Å². The molecular formula is C16H21ClN2S. The lowest BCUT2D eigenvalue weighted by atomic mass is 10.0. The minimum atomic E-state index is 0.148. The number of nitrogens with zero attached hydrogens (tertiary/aromatic N) is 1. The molecule has 0 radical (unpaired) electrons. The lowest BCUT2D eigenvalue weighted by molar-refractivity contribution is 0.730. The van der Waals surface area contributed by atoms with E-state index in [4.69, 9.17) is 17.3 Å². The molecule has 1 heterocycles. The molecule has 4 heteroatoms. The summed E-state index contributed by atoms with van der Waals surface area (Å²) in [4.78, 5) is 3.72. The van der Waals surface area contributed by atoms with E-state index in [9.17, 15) is 0 Å². The highest BCUT2D eigenvalue weighted by atomic mass is 35.5. The van der Waals surface area contributed by atoms with Gasteiger partial charge in [0.1, 0.15) is 0 Å². The molecule has 0 bridgehead atoms. The van der Waals surface area contributed by atoms with Crippen molar-refractivity contribution < 1.29 is 0 Å². The van der Waals surface area contributed by atoms with Gasteiger partial charge in [-0.05, 0) is 49.4 Å². The Morgan fingerprint density at radius 2 is 2.15 bits per heavy atom. The van der Waals surface area contributed by atoms with Crippen molar-refractivity contribution in [2.75, 3.05) is 11.4 Å². The van der Waals surface area contributed by atoms with Crippen LogP contribution in [-0.4, -0.2) is 12.6 Å². The van der Waals surface area contributed by atoms with Gasteiger partial charge in [-0.2, -0.15) is 0 Å². The average Bonchev–Trinajstić information content (AvgIpc) is 2.90. The third-order valence-corrected chi connectivity index (χ3v) is 4.33. The third-order valence-electron chi connectivity index (χ3n) is 3.24. The Kier molecular flexibility index (Phi) is 5.46. The zero-order chi connectivity index (χ0) is 14.5. The zero-order valence-electron chi connectivity index (χ0n) is 12.0. The summed E-state index contributed by atoms with van der Waals surface area (Å²) < 4.78 is 0. The highest BCUT2D eigenvalue weighted by Crippen LogP contribution is 2.28. The van der Waals surface area contributed by atoms with E-state index in [1.165, 1.54) is 16.1 Å². The van der Waals surface area contributed by atoms with E-state index in [1.807, 2.05) is 13.0 Å². The second-order valence-electron chi connectivity index (χ2n) is 5.05. The van der Waals surface area contributed by atoms with Crippen LogP contribution in [0.2, 0.25) is 5.02 Å². The molecule has 2 nitrogen and oxygen atoms in total. The minimum Gasteiger partial charge on any atom is -0.366 e. The van der Waals surface area contributed by atoms with Crippen molar-refractivity contribution in [2.24, 2.45) is 5.73 Å². The van der Waals surface area contributed by atoms with E-state index in [0.717, 1.165) is 24.5 Å². The first-order valence-electron chi connectivity index (χ1n) is 6.91. The van der Waals surface area contributed by atoms with Crippen LogP contribution in [0.4, 0.5) is 5.69 Å². The number of halogens is 1. The van der Waals surface area contributed by atoms with Crippen molar-refractivity contribution in [1.29, 1.82) is 0 Å². The maximum atomic E-state index is 6.18. The fourth-order valence-corrected chi connectivity index (χ4v) is 3.19. The molecule has 0 spiro atoms. The molecule has 2 N–H and O–H groups in total. The molecule has 2 aromatic rings. The molecule has 0 saturated carbocycles. The summed E-state index contributed by atoms with van der Waals surface area (Å²) in [5.74, 6) is 0. The maximum Gasteiger partial charge on any atom is 0.0522 e. The second kappa shape index (κ2) is 7.11. The fourth-order valence-electron chi connectivity index (χ4n) is 2.31. The van der Waals surface area contributed by atoms with Gasteiger partial charge in [0.2, 0.25) is 0 Å². The van der Waals surface area contributed by atoms with Gasteiger partial charge in [0.25, 0.3) is 0 Å². The summed E-state index contributed by atoms with van der Waals surface area (Å²) >= 11 is 7.97. The second-order valence-corrected chi connectivity index (χ2v) is 6.52. The first-order valence-corrected chi connectivity index (χ1v) is 8.17. The van der Waals surface area contributed by atoms with Crippen molar-refractivity contribution >= 4 is 28.6 Å². The van der Waals surface area contributed by atoms with Gasteiger partial charge in [0, 0.05) is 28.2 Å². The quantitative estimate of drug-likeness (QED) is 0.861. The van der Waals surface area contributed by atoms with Gasteiger partial charge in [-0.15, -0.1) is 11.3 Å². The summed E-state index contributed by atoms with van der Waals surface area (Å²) in [7, 11) is 0. The Balaban J connectivity index is 2.29. The Labute approximate surface area is 130 Å². The van der Waals surface area contributed by atoms with E-state index in [1.54, 1.807) is 11.3 Å². The molecule has 108 valence electrons. The van der Waals surface area contributed by atoms with Gasteiger partial charge in [-0.25, -0.2) is 0 Å². The smallest absolute Gasteiger partial charge is 0.0522 e. The number of rotatable bonds is 6. The Bertz CT molecular complexity index is 537. The van der Waals surface area contributed by atoms with Crippen LogP contribution in [0.5, 0.6) is 0 Å². The molecule has 0 aliphatic heterocycles. The van der Waals surface area contributed by atoms with Crippen molar-refractivity contribution in [1.82, 2.24) is 0 Å². The Hall–Kier alpha value is -1.03. The summed E-state index contributed by atoms with van der Waals surface area (Å²) in [6.07, 6.45) is 0.868. The average molecular weight is 309 g/mol. The van der Waals surface area contributed by atoms with E-state index in [2.05, 4.69) is 41.5 Å². The molecular weight excluding hydrogens is 288 g/mol. The van der Waals surface area contributed by atoms with Crippen LogP contribution in [0.3, 0.4) is 0 Å². The predicted octanol–water partition coefficient (Wildman–Crippen LogP) is 4.32. The number of nitrogens with two attached hydrogens (primary N) is 1. The molecule has 0 aliphatic carbocycles. The third kappa shape index (κ3) is 3.98. The van der Waals surface area contributed by atoms with Gasteiger partial charge in [-0.1, -0.05) is 23.7 Å².